The van der Waals surface area contributed by atoms with Gasteiger partial charge in [-0.25, -0.2) is 0 Å². The summed E-state index contributed by atoms with van der Waals surface area (Å²) in [6.45, 7) is 9.38. The van der Waals surface area contributed by atoms with E-state index in [1.165, 1.54) is 23.1 Å². The second-order valence-electron chi connectivity index (χ2n) is 5.13. The van der Waals surface area contributed by atoms with Gasteiger partial charge in [0.2, 0.25) is 0 Å². The Labute approximate surface area is 112 Å². The van der Waals surface area contributed by atoms with Gasteiger partial charge in [-0.05, 0) is 45.4 Å². The molecule has 102 valence electrons. The second kappa shape index (κ2) is 7.55. The highest BCUT2D eigenvalue weighted by Crippen LogP contribution is 2.20. The van der Waals surface area contributed by atoms with Crippen molar-refractivity contribution in [2.45, 2.75) is 52.7 Å². The number of rotatable bonds is 7. The Morgan fingerprint density at radius 1 is 1.28 bits per heavy atom. The van der Waals surface area contributed by atoms with Gasteiger partial charge in [0.1, 0.15) is 0 Å². The van der Waals surface area contributed by atoms with Gasteiger partial charge in [0.25, 0.3) is 0 Å². The minimum atomic E-state index is 0.282. The molecule has 0 spiro atoms. The van der Waals surface area contributed by atoms with E-state index in [-0.39, 0.29) is 6.04 Å². The van der Waals surface area contributed by atoms with Crippen molar-refractivity contribution in [1.82, 2.24) is 5.32 Å². The van der Waals surface area contributed by atoms with Gasteiger partial charge >= 0.3 is 0 Å². The fourth-order valence-corrected chi connectivity index (χ4v) is 2.21. The lowest BCUT2D eigenvalue weighted by atomic mass is 9.99. The van der Waals surface area contributed by atoms with Crippen molar-refractivity contribution in [3.8, 4) is 0 Å². The van der Waals surface area contributed by atoms with Crippen LogP contribution in [0.2, 0.25) is 0 Å². The van der Waals surface area contributed by atoms with Gasteiger partial charge in [-0.15, -0.1) is 0 Å². The molecule has 0 aliphatic rings. The number of ether oxygens (including phenoxy) is 1. The fraction of sp³-hybridized carbons (Fsp3) is 0.625. The quantitative estimate of drug-likeness (QED) is 0.794. The zero-order valence-corrected chi connectivity index (χ0v) is 12.4. The highest BCUT2D eigenvalue weighted by atomic mass is 16.5. The van der Waals surface area contributed by atoms with Gasteiger partial charge < -0.3 is 10.1 Å². The molecule has 1 aromatic rings. The lowest BCUT2D eigenvalue weighted by molar-refractivity contribution is 0.0452. The van der Waals surface area contributed by atoms with Crippen molar-refractivity contribution in [3.63, 3.8) is 0 Å². The largest absolute Gasteiger partial charge is 0.377 e. The predicted octanol–water partition coefficient (Wildman–Crippen LogP) is 3.77. The molecule has 2 unspecified atom stereocenters. The first kappa shape index (κ1) is 15.2. The molecule has 0 aliphatic carbocycles. The highest BCUT2D eigenvalue weighted by molar-refractivity contribution is 5.33. The lowest BCUT2D eigenvalue weighted by Gasteiger charge is -2.22. The van der Waals surface area contributed by atoms with Gasteiger partial charge in [-0.2, -0.15) is 0 Å². The average molecular weight is 249 g/mol. The van der Waals surface area contributed by atoms with Crippen LogP contribution in [0.3, 0.4) is 0 Å². The van der Waals surface area contributed by atoms with Gasteiger partial charge in [0, 0.05) is 0 Å². The summed E-state index contributed by atoms with van der Waals surface area (Å²) in [4.78, 5) is 0. The lowest BCUT2D eigenvalue weighted by Crippen LogP contribution is -2.25. The number of hydrogen-bond acceptors (Lipinski definition) is 2. The molecule has 0 radical (unpaired) electrons. The molecule has 0 heterocycles. The molecule has 0 amide bonds. The number of nitrogens with one attached hydrogen (secondary N) is 1. The molecule has 2 heteroatoms. The maximum absolute atomic E-state index is 5.92. The Kier molecular flexibility index (Phi) is 6.37. The molecule has 0 aromatic heterocycles. The first-order valence-electron chi connectivity index (χ1n) is 6.94. The van der Waals surface area contributed by atoms with Gasteiger partial charge in [0.05, 0.1) is 18.8 Å². The van der Waals surface area contributed by atoms with E-state index >= 15 is 0 Å². The van der Waals surface area contributed by atoms with E-state index in [9.17, 15) is 0 Å². The van der Waals surface area contributed by atoms with Crippen LogP contribution >= 0.6 is 0 Å². The zero-order chi connectivity index (χ0) is 13.5. The molecule has 18 heavy (non-hydrogen) atoms. The monoisotopic (exact) mass is 249 g/mol. The number of aryl methyl sites for hydroxylation is 2. The maximum atomic E-state index is 5.92. The Bertz CT molecular complexity index is 362. The average Bonchev–Trinajstić information content (AvgIpc) is 2.34. The van der Waals surface area contributed by atoms with Crippen LogP contribution in [0.4, 0.5) is 0 Å². The second-order valence-corrected chi connectivity index (χ2v) is 5.13. The van der Waals surface area contributed by atoms with E-state index in [4.69, 9.17) is 4.74 Å². The van der Waals surface area contributed by atoms with Crippen molar-refractivity contribution >= 4 is 0 Å². The molecule has 2 atom stereocenters. The first-order valence-corrected chi connectivity index (χ1v) is 6.94. The third-order valence-electron chi connectivity index (χ3n) is 3.40. The van der Waals surface area contributed by atoms with Gasteiger partial charge in [0.15, 0.2) is 0 Å². The third-order valence-corrected chi connectivity index (χ3v) is 3.40. The van der Waals surface area contributed by atoms with Crippen LogP contribution in [-0.2, 0) is 4.74 Å². The molecule has 0 fully saturated rings. The minimum Gasteiger partial charge on any atom is -0.377 e. The summed E-state index contributed by atoms with van der Waals surface area (Å²) in [7, 11) is 2.00. The molecule has 0 saturated heterocycles. The number of hydrogen-bond donors (Lipinski definition) is 1. The van der Waals surface area contributed by atoms with E-state index in [1.54, 1.807) is 0 Å². The summed E-state index contributed by atoms with van der Waals surface area (Å²) < 4.78 is 5.92. The van der Waals surface area contributed by atoms with Crippen LogP contribution in [0.15, 0.2) is 18.2 Å². The standard InChI is InChI=1S/C16H27NO/c1-6-7-14(4)18-11-16(17-5)15-10-12(2)8-9-13(15)3/h8-10,14,16-17H,6-7,11H2,1-5H3. The predicted molar refractivity (Wildman–Crippen MR) is 78.0 cm³/mol. The van der Waals surface area contributed by atoms with Crippen LogP contribution in [0.25, 0.3) is 0 Å². The Morgan fingerprint density at radius 2 is 2.00 bits per heavy atom. The smallest absolute Gasteiger partial charge is 0.0665 e. The topological polar surface area (TPSA) is 21.3 Å². The van der Waals surface area contributed by atoms with Crippen molar-refractivity contribution in [3.05, 3.63) is 34.9 Å². The third kappa shape index (κ3) is 4.43. The van der Waals surface area contributed by atoms with E-state index in [0.29, 0.717) is 6.10 Å². The summed E-state index contributed by atoms with van der Waals surface area (Å²) in [6, 6.07) is 6.88. The Balaban J connectivity index is 2.68. The normalized spacial score (nSPS) is 14.5. The molecular weight excluding hydrogens is 222 g/mol. The summed E-state index contributed by atoms with van der Waals surface area (Å²) in [6.07, 6.45) is 2.65. The summed E-state index contributed by atoms with van der Waals surface area (Å²) in [5, 5.41) is 3.36. The van der Waals surface area contributed by atoms with Crippen molar-refractivity contribution < 1.29 is 4.74 Å². The van der Waals surface area contributed by atoms with Crippen LogP contribution in [0.5, 0.6) is 0 Å². The molecule has 1 aromatic carbocycles. The fourth-order valence-electron chi connectivity index (χ4n) is 2.21. The molecule has 1 N–H and O–H groups in total. The Hall–Kier alpha value is -0.860. The summed E-state index contributed by atoms with van der Waals surface area (Å²) in [5.74, 6) is 0. The molecule has 0 saturated carbocycles. The highest BCUT2D eigenvalue weighted by Gasteiger charge is 2.13. The molecule has 2 nitrogen and oxygen atoms in total. The molecule has 0 bridgehead atoms. The molecule has 0 aliphatic heterocycles. The van der Waals surface area contributed by atoms with E-state index in [1.807, 2.05) is 7.05 Å². The number of likely N-dealkylation sites (N-methyl/N-ethyl adjacent to an activating group) is 1. The van der Waals surface area contributed by atoms with Crippen LogP contribution in [0, 0.1) is 13.8 Å². The first-order chi connectivity index (χ1) is 8.58. The Morgan fingerprint density at radius 3 is 2.61 bits per heavy atom. The van der Waals surface area contributed by atoms with Crippen LogP contribution < -0.4 is 5.32 Å². The maximum Gasteiger partial charge on any atom is 0.0665 e. The summed E-state index contributed by atoms with van der Waals surface area (Å²) >= 11 is 0. The number of benzene rings is 1. The van der Waals surface area contributed by atoms with Crippen LogP contribution in [-0.4, -0.2) is 19.8 Å². The SMILES string of the molecule is CCCC(C)OCC(NC)c1cc(C)ccc1C. The van der Waals surface area contributed by atoms with E-state index < -0.39 is 0 Å². The van der Waals surface area contributed by atoms with E-state index in [0.717, 1.165) is 13.0 Å². The van der Waals surface area contributed by atoms with E-state index in [2.05, 4.69) is 51.2 Å². The molecular formula is C16H27NO. The minimum absolute atomic E-state index is 0.282. The van der Waals surface area contributed by atoms with Crippen molar-refractivity contribution in [2.75, 3.05) is 13.7 Å². The molecule has 1 rings (SSSR count). The zero-order valence-electron chi connectivity index (χ0n) is 12.4. The van der Waals surface area contributed by atoms with Crippen molar-refractivity contribution in [2.24, 2.45) is 0 Å². The van der Waals surface area contributed by atoms with Gasteiger partial charge in [-0.1, -0.05) is 37.1 Å². The van der Waals surface area contributed by atoms with Crippen molar-refractivity contribution in [1.29, 1.82) is 0 Å². The van der Waals surface area contributed by atoms with Crippen LogP contribution in [0.1, 0.15) is 49.4 Å². The van der Waals surface area contributed by atoms with Gasteiger partial charge in [-0.3, -0.25) is 0 Å². The summed E-state index contributed by atoms with van der Waals surface area (Å²) in [5.41, 5.74) is 3.98.